The molecule has 1 amide bonds. The molecule has 1 aliphatic rings. The minimum atomic E-state index is -0.223. The number of halogens is 1. The number of amides is 1. The number of hydrogen-bond acceptors (Lipinski definition) is 2. The van der Waals surface area contributed by atoms with Crippen molar-refractivity contribution in [3.05, 3.63) is 63.4 Å². The first-order valence-corrected chi connectivity index (χ1v) is 7.73. The third-order valence-corrected chi connectivity index (χ3v) is 4.40. The lowest BCUT2D eigenvalue weighted by atomic mass is 10.1. The summed E-state index contributed by atoms with van der Waals surface area (Å²) < 4.78 is 1.17. The van der Waals surface area contributed by atoms with Gasteiger partial charge in [-0.2, -0.15) is 0 Å². The van der Waals surface area contributed by atoms with E-state index in [9.17, 15) is 4.79 Å². The van der Waals surface area contributed by atoms with E-state index in [-0.39, 0.29) is 12.1 Å². The molecule has 5 heteroatoms. The Morgan fingerprint density at radius 3 is 2.81 bits per heavy atom. The zero-order valence-corrected chi connectivity index (χ0v) is 13.1. The smallest absolute Gasteiger partial charge is 0.255 e. The van der Waals surface area contributed by atoms with Gasteiger partial charge in [-0.1, -0.05) is 12.1 Å². The van der Waals surface area contributed by atoms with E-state index in [4.69, 9.17) is 0 Å². The highest BCUT2D eigenvalue weighted by molar-refractivity contribution is 14.1. The molecule has 0 saturated carbocycles. The first-order chi connectivity index (χ1) is 10.2. The van der Waals surface area contributed by atoms with Gasteiger partial charge in [0.25, 0.3) is 5.91 Å². The van der Waals surface area contributed by atoms with Gasteiger partial charge < -0.3 is 15.6 Å². The van der Waals surface area contributed by atoms with E-state index in [1.54, 1.807) is 0 Å². The highest BCUT2D eigenvalue weighted by Gasteiger charge is 2.25. The van der Waals surface area contributed by atoms with Crippen molar-refractivity contribution in [3.63, 3.8) is 0 Å². The predicted octanol–water partition coefficient (Wildman–Crippen LogP) is 3.63. The fourth-order valence-electron chi connectivity index (χ4n) is 2.72. The molecular formula is C16H12IN3O. The van der Waals surface area contributed by atoms with Crippen molar-refractivity contribution in [2.75, 3.05) is 5.32 Å². The fourth-order valence-corrected chi connectivity index (χ4v) is 3.21. The minimum Gasteiger partial charge on any atom is -0.361 e. The second kappa shape index (κ2) is 4.77. The van der Waals surface area contributed by atoms with Crippen LogP contribution in [0.3, 0.4) is 0 Å². The number of nitrogens with one attached hydrogen (secondary N) is 3. The number of aromatic nitrogens is 1. The molecule has 1 aliphatic heterocycles. The number of benzene rings is 2. The molecular weight excluding hydrogens is 377 g/mol. The van der Waals surface area contributed by atoms with Crippen molar-refractivity contribution in [2.45, 2.75) is 6.17 Å². The van der Waals surface area contributed by atoms with Gasteiger partial charge in [0.2, 0.25) is 0 Å². The van der Waals surface area contributed by atoms with Crippen LogP contribution in [0.2, 0.25) is 0 Å². The molecule has 0 fully saturated rings. The van der Waals surface area contributed by atoms with Crippen LogP contribution in [0.5, 0.6) is 0 Å². The summed E-state index contributed by atoms with van der Waals surface area (Å²) in [6.07, 6.45) is 1.73. The van der Waals surface area contributed by atoms with Crippen LogP contribution in [0.15, 0.2) is 48.7 Å². The molecule has 3 aromatic rings. The summed E-state index contributed by atoms with van der Waals surface area (Å²) in [4.78, 5) is 15.5. The van der Waals surface area contributed by atoms with E-state index >= 15 is 0 Å². The van der Waals surface area contributed by atoms with E-state index in [1.165, 1.54) is 3.57 Å². The SMILES string of the molecule is O=C1NC(c2c[nH]c3ccc(I)cc23)Nc2ccccc21. The van der Waals surface area contributed by atoms with Gasteiger partial charge >= 0.3 is 0 Å². The average Bonchev–Trinajstić information content (AvgIpc) is 2.90. The molecule has 21 heavy (non-hydrogen) atoms. The molecule has 4 nitrogen and oxygen atoms in total. The van der Waals surface area contributed by atoms with E-state index in [0.29, 0.717) is 5.56 Å². The lowest BCUT2D eigenvalue weighted by Crippen LogP contribution is -2.38. The Morgan fingerprint density at radius 2 is 1.90 bits per heavy atom. The molecule has 0 bridgehead atoms. The summed E-state index contributed by atoms with van der Waals surface area (Å²) in [5.41, 5.74) is 3.67. The summed E-state index contributed by atoms with van der Waals surface area (Å²) >= 11 is 2.30. The maximum atomic E-state index is 12.2. The Bertz CT molecular complexity index is 856. The molecule has 0 spiro atoms. The van der Waals surface area contributed by atoms with Gasteiger partial charge in [0.1, 0.15) is 6.17 Å². The minimum absolute atomic E-state index is 0.0469. The predicted molar refractivity (Wildman–Crippen MR) is 91.3 cm³/mol. The maximum absolute atomic E-state index is 12.2. The van der Waals surface area contributed by atoms with E-state index in [1.807, 2.05) is 30.5 Å². The van der Waals surface area contributed by atoms with Crippen molar-refractivity contribution in [1.29, 1.82) is 0 Å². The second-order valence-corrected chi connectivity index (χ2v) is 6.28. The standard InChI is InChI=1S/C16H12IN3O/c17-9-5-6-13-11(7-9)12(8-18-13)15-19-14-4-2-1-3-10(14)16(21)20-15/h1-8,15,18-19H,(H,20,21). The van der Waals surface area contributed by atoms with Gasteiger partial charge in [-0.25, -0.2) is 0 Å². The van der Waals surface area contributed by atoms with Crippen LogP contribution in [0.25, 0.3) is 10.9 Å². The van der Waals surface area contributed by atoms with Crippen LogP contribution >= 0.6 is 22.6 Å². The van der Waals surface area contributed by atoms with Gasteiger partial charge in [0, 0.05) is 31.9 Å². The quantitative estimate of drug-likeness (QED) is 0.557. The van der Waals surface area contributed by atoms with Crippen LogP contribution in [-0.2, 0) is 0 Å². The van der Waals surface area contributed by atoms with E-state index < -0.39 is 0 Å². The highest BCUT2D eigenvalue weighted by atomic mass is 127. The summed E-state index contributed by atoms with van der Waals surface area (Å²) in [5, 5.41) is 7.53. The Hall–Kier alpha value is -2.02. The normalized spacial score (nSPS) is 17.2. The molecule has 1 unspecified atom stereocenters. The van der Waals surface area contributed by atoms with Crippen molar-refractivity contribution in [1.82, 2.24) is 10.3 Å². The average molecular weight is 389 g/mol. The first-order valence-electron chi connectivity index (χ1n) is 6.65. The first kappa shape index (κ1) is 12.7. The van der Waals surface area contributed by atoms with Crippen molar-refractivity contribution in [3.8, 4) is 0 Å². The Morgan fingerprint density at radius 1 is 1.05 bits per heavy atom. The Balaban J connectivity index is 1.80. The van der Waals surface area contributed by atoms with Crippen LogP contribution in [0, 0.1) is 3.57 Å². The number of hydrogen-bond donors (Lipinski definition) is 3. The molecule has 0 aliphatic carbocycles. The van der Waals surface area contributed by atoms with Crippen LogP contribution in [0.4, 0.5) is 5.69 Å². The number of fused-ring (bicyclic) bond motifs is 2. The summed E-state index contributed by atoms with van der Waals surface area (Å²) in [6.45, 7) is 0. The molecule has 2 heterocycles. The summed E-state index contributed by atoms with van der Waals surface area (Å²) in [7, 11) is 0. The molecule has 2 aromatic carbocycles. The van der Waals surface area contributed by atoms with Gasteiger partial charge in [0.15, 0.2) is 0 Å². The monoisotopic (exact) mass is 389 g/mol. The molecule has 0 radical (unpaired) electrons. The number of para-hydroxylation sites is 1. The Labute approximate surface area is 135 Å². The molecule has 4 rings (SSSR count). The molecule has 3 N–H and O–H groups in total. The van der Waals surface area contributed by atoms with Crippen LogP contribution in [0.1, 0.15) is 22.1 Å². The molecule has 1 aromatic heterocycles. The number of H-pyrrole nitrogens is 1. The van der Waals surface area contributed by atoms with Crippen LogP contribution < -0.4 is 10.6 Å². The molecule has 1 atom stereocenters. The van der Waals surface area contributed by atoms with E-state index in [0.717, 1.165) is 22.2 Å². The summed E-state index contributed by atoms with van der Waals surface area (Å²) in [5.74, 6) is -0.0469. The maximum Gasteiger partial charge on any atom is 0.255 e. The van der Waals surface area contributed by atoms with Gasteiger partial charge in [0.05, 0.1) is 5.56 Å². The van der Waals surface area contributed by atoms with Gasteiger partial charge in [-0.05, 0) is 52.9 Å². The second-order valence-electron chi connectivity index (χ2n) is 5.03. The lowest BCUT2D eigenvalue weighted by Gasteiger charge is -2.27. The van der Waals surface area contributed by atoms with Gasteiger partial charge in [-0.3, -0.25) is 4.79 Å². The zero-order chi connectivity index (χ0) is 14.4. The molecule has 0 saturated heterocycles. The zero-order valence-electron chi connectivity index (χ0n) is 11.0. The number of carbonyl (C=O) groups is 1. The van der Waals surface area contributed by atoms with Crippen LogP contribution in [-0.4, -0.2) is 10.9 Å². The number of anilines is 1. The topological polar surface area (TPSA) is 56.9 Å². The fraction of sp³-hybridized carbons (Fsp3) is 0.0625. The van der Waals surface area contributed by atoms with Crippen molar-refractivity contribution in [2.24, 2.45) is 0 Å². The highest BCUT2D eigenvalue weighted by Crippen LogP contribution is 2.30. The molecule has 104 valence electrons. The number of aromatic amines is 1. The third-order valence-electron chi connectivity index (χ3n) is 3.73. The van der Waals surface area contributed by atoms with Crippen molar-refractivity contribution >= 4 is 45.1 Å². The van der Waals surface area contributed by atoms with Crippen molar-refractivity contribution < 1.29 is 4.79 Å². The van der Waals surface area contributed by atoms with E-state index in [2.05, 4.69) is 56.4 Å². The number of rotatable bonds is 1. The largest absolute Gasteiger partial charge is 0.361 e. The summed E-state index contributed by atoms with van der Waals surface area (Å²) in [6, 6.07) is 13.8. The lowest BCUT2D eigenvalue weighted by molar-refractivity contribution is 0.0936. The Kier molecular flexibility index (Phi) is 2.88. The third kappa shape index (κ3) is 2.08. The number of carbonyl (C=O) groups excluding carboxylic acids is 1. The van der Waals surface area contributed by atoms with Gasteiger partial charge in [-0.15, -0.1) is 0 Å².